The first-order valence-electron chi connectivity index (χ1n) is 10.4. The van der Waals surface area contributed by atoms with Gasteiger partial charge in [-0.2, -0.15) is 0 Å². The van der Waals surface area contributed by atoms with Crippen LogP contribution in [0.25, 0.3) is 0 Å². The highest BCUT2D eigenvalue weighted by atomic mass is 16.2. The molecule has 3 aromatic carbocycles. The normalized spacial score (nSPS) is 10.7. The van der Waals surface area contributed by atoms with Crippen molar-refractivity contribution in [2.75, 3.05) is 22.1 Å². The Kier molecular flexibility index (Phi) is 6.25. The molecule has 6 nitrogen and oxygen atoms in total. The molecule has 0 unspecified atom stereocenters. The fourth-order valence-corrected chi connectivity index (χ4v) is 4.17. The number of amides is 2. The number of hydrogen-bond donors (Lipinski definition) is 4. The van der Waals surface area contributed by atoms with Crippen LogP contribution < -0.4 is 22.1 Å². The van der Waals surface area contributed by atoms with Gasteiger partial charge >= 0.3 is 0 Å². The van der Waals surface area contributed by atoms with Gasteiger partial charge < -0.3 is 22.1 Å². The number of aryl methyl sites for hydroxylation is 6. The number of carbonyl (C=O) groups excluding carboxylic acids is 2. The minimum atomic E-state index is -0.188. The second kappa shape index (κ2) is 8.75. The second-order valence-corrected chi connectivity index (χ2v) is 8.45. The molecule has 3 aromatic rings. The van der Waals surface area contributed by atoms with E-state index in [0.717, 1.165) is 33.4 Å². The molecule has 0 radical (unpaired) electrons. The summed E-state index contributed by atoms with van der Waals surface area (Å²) in [6.45, 7) is 11.3. The van der Waals surface area contributed by atoms with Gasteiger partial charge in [0.15, 0.2) is 0 Å². The van der Waals surface area contributed by atoms with Crippen LogP contribution in [-0.4, -0.2) is 11.8 Å². The molecule has 0 aliphatic rings. The van der Waals surface area contributed by atoms with Crippen molar-refractivity contribution < 1.29 is 9.59 Å². The summed E-state index contributed by atoms with van der Waals surface area (Å²) < 4.78 is 0. The average molecular weight is 431 g/mol. The molecule has 0 aromatic heterocycles. The maximum absolute atomic E-state index is 12.9. The van der Waals surface area contributed by atoms with Gasteiger partial charge in [0.25, 0.3) is 11.8 Å². The van der Waals surface area contributed by atoms with E-state index in [9.17, 15) is 9.59 Å². The molecule has 166 valence electrons. The molecule has 0 atom stereocenters. The van der Waals surface area contributed by atoms with Gasteiger partial charge in [0, 0.05) is 33.9 Å². The fraction of sp³-hybridized carbons (Fsp3) is 0.231. The predicted molar refractivity (Wildman–Crippen MR) is 132 cm³/mol. The number of nitrogen functional groups attached to an aromatic ring is 2. The smallest absolute Gasteiger partial charge is 0.256 e. The summed E-state index contributed by atoms with van der Waals surface area (Å²) in [5, 5.41) is 6.00. The lowest BCUT2D eigenvalue weighted by Gasteiger charge is -2.17. The van der Waals surface area contributed by atoms with E-state index in [0.29, 0.717) is 33.9 Å². The Bertz CT molecular complexity index is 1100. The van der Waals surface area contributed by atoms with E-state index in [1.54, 1.807) is 24.3 Å². The molecule has 3 rings (SSSR count). The third kappa shape index (κ3) is 4.59. The minimum Gasteiger partial charge on any atom is -0.399 e. The van der Waals surface area contributed by atoms with Crippen LogP contribution in [0.5, 0.6) is 0 Å². The van der Waals surface area contributed by atoms with Crippen LogP contribution in [0.15, 0.2) is 36.4 Å². The monoisotopic (exact) mass is 430 g/mol. The number of benzene rings is 3. The molecule has 32 heavy (non-hydrogen) atoms. The SMILES string of the molecule is Cc1cc(NC(=O)c2c(C)cc(N)cc2C)c(C)cc1NC(=O)c1c(C)cc(N)cc1C. The van der Waals surface area contributed by atoms with Crippen molar-refractivity contribution in [2.45, 2.75) is 41.5 Å². The summed E-state index contributed by atoms with van der Waals surface area (Å²) in [5.41, 5.74) is 20.6. The molecule has 0 aliphatic carbocycles. The lowest BCUT2D eigenvalue weighted by Crippen LogP contribution is -2.18. The summed E-state index contributed by atoms with van der Waals surface area (Å²) in [6.07, 6.45) is 0. The van der Waals surface area contributed by atoms with E-state index in [4.69, 9.17) is 11.5 Å². The Morgan fingerprint density at radius 1 is 0.531 bits per heavy atom. The molecule has 0 saturated heterocycles. The average Bonchev–Trinajstić information content (AvgIpc) is 2.64. The van der Waals surface area contributed by atoms with Gasteiger partial charge in [-0.15, -0.1) is 0 Å². The van der Waals surface area contributed by atoms with Crippen molar-refractivity contribution in [3.8, 4) is 0 Å². The summed E-state index contributed by atoms with van der Waals surface area (Å²) in [4.78, 5) is 25.9. The molecule has 0 saturated carbocycles. The number of anilines is 4. The molecular formula is C26H30N4O2. The zero-order valence-electron chi connectivity index (χ0n) is 19.4. The van der Waals surface area contributed by atoms with Gasteiger partial charge in [-0.05, 0) is 111 Å². The maximum atomic E-state index is 12.9. The van der Waals surface area contributed by atoms with E-state index in [-0.39, 0.29) is 11.8 Å². The maximum Gasteiger partial charge on any atom is 0.256 e. The second-order valence-electron chi connectivity index (χ2n) is 8.45. The molecule has 0 fully saturated rings. The van der Waals surface area contributed by atoms with Gasteiger partial charge in [-0.3, -0.25) is 9.59 Å². The largest absolute Gasteiger partial charge is 0.399 e. The van der Waals surface area contributed by atoms with E-state index in [1.165, 1.54) is 0 Å². The highest BCUT2D eigenvalue weighted by Gasteiger charge is 2.17. The van der Waals surface area contributed by atoms with Crippen molar-refractivity contribution >= 4 is 34.6 Å². The van der Waals surface area contributed by atoms with E-state index in [1.807, 2.05) is 53.7 Å². The molecule has 2 amide bonds. The standard InChI is InChI=1S/C26H30N4O2/c1-13-11-22(30-26(32)24-17(5)9-20(28)10-18(24)6)14(2)12-21(13)29-25(31)23-15(3)7-19(27)8-16(23)4/h7-12H,27-28H2,1-6H3,(H,29,31)(H,30,32). The van der Waals surface area contributed by atoms with Crippen LogP contribution >= 0.6 is 0 Å². The molecular weight excluding hydrogens is 400 g/mol. The van der Waals surface area contributed by atoms with Crippen LogP contribution in [-0.2, 0) is 0 Å². The van der Waals surface area contributed by atoms with Crippen LogP contribution in [0.3, 0.4) is 0 Å². The Balaban J connectivity index is 1.86. The van der Waals surface area contributed by atoms with Crippen LogP contribution in [0, 0.1) is 41.5 Å². The lowest BCUT2D eigenvalue weighted by molar-refractivity contribution is 0.101. The number of carbonyl (C=O) groups is 2. The quantitative estimate of drug-likeness (QED) is 0.426. The van der Waals surface area contributed by atoms with E-state index in [2.05, 4.69) is 10.6 Å². The summed E-state index contributed by atoms with van der Waals surface area (Å²) in [6, 6.07) is 10.9. The Morgan fingerprint density at radius 3 is 1.09 bits per heavy atom. The van der Waals surface area contributed by atoms with Crippen LogP contribution in [0.1, 0.15) is 54.1 Å². The number of hydrogen-bond acceptors (Lipinski definition) is 4. The fourth-order valence-electron chi connectivity index (χ4n) is 4.17. The zero-order valence-corrected chi connectivity index (χ0v) is 19.4. The first-order chi connectivity index (χ1) is 15.0. The molecule has 0 spiro atoms. The summed E-state index contributed by atoms with van der Waals surface area (Å²) in [5.74, 6) is -0.375. The summed E-state index contributed by atoms with van der Waals surface area (Å²) in [7, 11) is 0. The zero-order chi connectivity index (χ0) is 23.7. The van der Waals surface area contributed by atoms with Crippen LogP contribution in [0.4, 0.5) is 22.7 Å². The highest BCUT2D eigenvalue weighted by Crippen LogP contribution is 2.28. The third-order valence-electron chi connectivity index (χ3n) is 5.63. The van der Waals surface area contributed by atoms with Crippen LogP contribution in [0.2, 0.25) is 0 Å². The van der Waals surface area contributed by atoms with Crippen molar-refractivity contribution in [1.82, 2.24) is 0 Å². The number of rotatable bonds is 4. The number of nitrogens with one attached hydrogen (secondary N) is 2. The lowest BCUT2D eigenvalue weighted by atomic mass is 10.00. The van der Waals surface area contributed by atoms with Gasteiger partial charge in [0.2, 0.25) is 0 Å². The van der Waals surface area contributed by atoms with E-state index < -0.39 is 0 Å². The topological polar surface area (TPSA) is 110 Å². The van der Waals surface area contributed by atoms with Gasteiger partial charge in [-0.1, -0.05) is 0 Å². The highest BCUT2D eigenvalue weighted by molar-refractivity contribution is 6.08. The number of nitrogens with two attached hydrogens (primary N) is 2. The molecule has 6 N–H and O–H groups in total. The van der Waals surface area contributed by atoms with Crippen molar-refractivity contribution in [3.63, 3.8) is 0 Å². The van der Waals surface area contributed by atoms with Gasteiger partial charge in [0.05, 0.1) is 0 Å². The molecule has 0 aliphatic heterocycles. The first kappa shape index (κ1) is 22.9. The Labute approximate surface area is 189 Å². The Hall–Kier alpha value is -3.80. The summed E-state index contributed by atoms with van der Waals surface area (Å²) >= 11 is 0. The van der Waals surface area contributed by atoms with Crippen molar-refractivity contribution in [3.05, 3.63) is 80.9 Å². The van der Waals surface area contributed by atoms with E-state index >= 15 is 0 Å². The first-order valence-corrected chi connectivity index (χ1v) is 10.4. The minimum absolute atomic E-state index is 0.188. The molecule has 0 heterocycles. The van der Waals surface area contributed by atoms with Gasteiger partial charge in [-0.25, -0.2) is 0 Å². The Morgan fingerprint density at radius 2 is 0.812 bits per heavy atom. The third-order valence-corrected chi connectivity index (χ3v) is 5.63. The molecule has 6 heteroatoms. The van der Waals surface area contributed by atoms with Gasteiger partial charge in [0.1, 0.15) is 0 Å². The van der Waals surface area contributed by atoms with Crippen molar-refractivity contribution in [1.29, 1.82) is 0 Å². The molecule has 0 bridgehead atoms. The predicted octanol–water partition coefficient (Wildman–Crippen LogP) is 5.21. The van der Waals surface area contributed by atoms with Crippen molar-refractivity contribution in [2.24, 2.45) is 0 Å².